The molecule has 0 aliphatic heterocycles. The molecule has 0 radical (unpaired) electrons. The third kappa shape index (κ3) is 3.51. The second kappa shape index (κ2) is 7.30. The molecule has 132 valence electrons. The van der Waals surface area contributed by atoms with Gasteiger partial charge in [-0.1, -0.05) is 6.92 Å². The fraction of sp³-hybridized carbons (Fsp3) is 0.500. The minimum Gasteiger partial charge on any atom is -0.316 e. The first-order chi connectivity index (χ1) is 11.9. The number of fused-ring (bicyclic) bond motifs is 1. The van der Waals surface area contributed by atoms with Crippen molar-refractivity contribution in [2.24, 2.45) is 5.92 Å². The standard InChI is InChI=1S/C18H21BrN4OS/c1-10(9-23-12(3)16(19)11(2)22-23)17(24)21-18-14(8-20)13-6-4-5-7-15(13)25-18/h10H,4-7,9H2,1-3H3,(H,21,24)/t10-/m0/s1. The molecule has 1 N–H and O–H groups in total. The second-order valence-corrected chi connectivity index (χ2v) is 8.48. The van der Waals surface area contributed by atoms with E-state index in [1.165, 1.54) is 4.88 Å². The number of halogens is 1. The monoisotopic (exact) mass is 420 g/mol. The summed E-state index contributed by atoms with van der Waals surface area (Å²) in [6.07, 6.45) is 4.24. The Kier molecular flexibility index (Phi) is 5.30. The van der Waals surface area contributed by atoms with Gasteiger partial charge in [-0.05, 0) is 61.0 Å². The minimum absolute atomic E-state index is 0.0706. The lowest BCUT2D eigenvalue weighted by Crippen LogP contribution is -2.25. The van der Waals surface area contributed by atoms with E-state index in [2.05, 4.69) is 32.4 Å². The van der Waals surface area contributed by atoms with Crippen molar-refractivity contribution in [3.05, 3.63) is 31.9 Å². The van der Waals surface area contributed by atoms with E-state index in [9.17, 15) is 10.1 Å². The van der Waals surface area contributed by atoms with E-state index in [1.54, 1.807) is 11.3 Å². The Balaban J connectivity index is 1.75. The van der Waals surface area contributed by atoms with Crippen LogP contribution in [0.15, 0.2) is 4.47 Å². The number of hydrogen-bond donors (Lipinski definition) is 1. The number of nitrogens with zero attached hydrogens (tertiary/aromatic N) is 3. The van der Waals surface area contributed by atoms with Crippen molar-refractivity contribution < 1.29 is 4.79 Å². The number of hydrogen-bond acceptors (Lipinski definition) is 4. The van der Waals surface area contributed by atoms with Gasteiger partial charge in [0.15, 0.2) is 0 Å². The molecule has 0 fully saturated rings. The molecule has 1 atom stereocenters. The zero-order valence-electron chi connectivity index (χ0n) is 14.6. The van der Waals surface area contributed by atoms with Crippen LogP contribution in [0, 0.1) is 31.1 Å². The summed E-state index contributed by atoms with van der Waals surface area (Å²) in [5.74, 6) is -0.311. The van der Waals surface area contributed by atoms with E-state index < -0.39 is 0 Å². The Morgan fingerprint density at radius 2 is 2.16 bits per heavy atom. The highest BCUT2D eigenvalue weighted by Crippen LogP contribution is 2.37. The molecule has 2 aromatic heterocycles. The van der Waals surface area contributed by atoms with Crippen LogP contribution in [0.1, 0.15) is 47.2 Å². The van der Waals surface area contributed by atoms with E-state index in [0.29, 0.717) is 17.1 Å². The van der Waals surface area contributed by atoms with Gasteiger partial charge in [0.1, 0.15) is 11.1 Å². The molecule has 0 bridgehead atoms. The summed E-state index contributed by atoms with van der Waals surface area (Å²) < 4.78 is 2.84. The molecule has 1 aliphatic carbocycles. The Hall–Kier alpha value is -1.65. The van der Waals surface area contributed by atoms with Crippen molar-refractivity contribution in [3.8, 4) is 6.07 Å². The average Bonchev–Trinajstić information content (AvgIpc) is 3.06. The fourth-order valence-electron chi connectivity index (χ4n) is 3.20. The molecule has 7 heteroatoms. The minimum atomic E-state index is -0.240. The maximum absolute atomic E-state index is 12.6. The van der Waals surface area contributed by atoms with Crippen molar-refractivity contribution in [3.63, 3.8) is 0 Å². The Bertz CT molecular complexity index is 862. The SMILES string of the molecule is Cc1nn(C[C@H](C)C(=O)Nc2sc3c(c2C#N)CCCC3)c(C)c1Br. The fourth-order valence-corrected chi connectivity index (χ4v) is 4.73. The summed E-state index contributed by atoms with van der Waals surface area (Å²) in [4.78, 5) is 13.9. The first kappa shape index (κ1) is 18.2. The predicted octanol–water partition coefficient (Wildman–Crippen LogP) is 4.35. The van der Waals surface area contributed by atoms with Crippen LogP contribution in [0.5, 0.6) is 0 Å². The number of thiophene rings is 1. The molecule has 5 nitrogen and oxygen atoms in total. The first-order valence-corrected chi connectivity index (χ1v) is 10.1. The van der Waals surface area contributed by atoms with Gasteiger partial charge in [-0.3, -0.25) is 9.48 Å². The summed E-state index contributed by atoms with van der Waals surface area (Å²) in [5, 5.41) is 17.7. The summed E-state index contributed by atoms with van der Waals surface area (Å²) in [7, 11) is 0. The van der Waals surface area contributed by atoms with Gasteiger partial charge in [-0.15, -0.1) is 11.3 Å². The van der Waals surface area contributed by atoms with Gasteiger partial charge in [-0.25, -0.2) is 0 Å². The van der Waals surface area contributed by atoms with Crippen molar-refractivity contribution in [2.75, 3.05) is 5.32 Å². The molecule has 0 saturated heterocycles. The third-order valence-corrected chi connectivity index (χ3v) is 7.06. The summed E-state index contributed by atoms with van der Waals surface area (Å²) in [6.45, 7) is 6.32. The topological polar surface area (TPSA) is 70.7 Å². The quantitative estimate of drug-likeness (QED) is 0.798. The number of anilines is 1. The molecule has 1 aliphatic rings. The van der Waals surface area contributed by atoms with Crippen LogP contribution in [0.25, 0.3) is 0 Å². The second-order valence-electron chi connectivity index (χ2n) is 6.58. The number of carbonyl (C=O) groups is 1. The van der Waals surface area contributed by atoms with Gasteiger partial charge in [0.25, 0.3) is 0 Å². The molecule has 2 heterocycles. The van der Waals surface area contributed by atoms with Gasteiger partial charge in [0.05, 0.1) is 28.2 Å². The van der Waals surface area contributed by atoms with Crippen LogP contribution in [0.3, 0.4) is 0 Å². The maximum atomic E-state index is 12.6. The molecule has 0 saturated carbocycles. The largest absolute Gasteiger partial charge is 0.316 e. The lowest BCUT2D eigenvalue weighted by Gasteiger charge is -2.13. The van der Waals surface area contributed by atoms with Gasteiger partial charge in [0, 0.05) is 10.6 Å². The van der Waals surface area contributed by atoms with Crippen molar-refractivity contribution in [1.82, 2.24) is 9.78 Å². The number of nitrogens with one attached hydrogen (secondary N) is 1. The molecule has 1 amide bonds. The average molecular weight is 421 g/mol. The lowest BCUT2D eigenvalue weighted by atomic mass is 9.96. The summed E-state index contributed by atoms with van der Waals surface area (Å²) >= 11 is 5.08. The van der Waals surface area contributed by atoms with Crippen LogP contribution < -0.4 is 5.32 Å². The summed E-state index contributed by atoms with van der Waals surface area (Å²) in [6, 6.07) is 2.29. The number of rotatable bonds is 4. The van der Waals surface area contributed by atoms with Crippen molar-refractivity contribution in [2.45, 2.75) is 53.0 Å². The van der Waals surface area contributed by atoms with E-state index >= 15 is 0 Å². The van der Waals surface area contributed by atoms with Crippen LogP contribution in [-0.2, 0) is 24.2 Å². The smallest absolute Gasteiger partial charge is 0.229 e. The number of nitriles is 1. The van der Waals surface area contributed by atoms with Gasteiger partial charge in [0.2, 0.25) is 5.91 Å². The Labute approximate surface area is 160 Å². The number of amides is 1. The number of aryl methyl sites for hydroxylation is 2. The maximum Gasteiger partial charge on any atom is 0.229 e. The molecule has 0 aromatic carbocycles. The molecule has 25 heavy (non-hydrogen) atoms. The van der Waals surface area contributed by atoms with Gasteiger partial charge < -0.3 is 5.32 Å². The predicted molar refractivity (Wildman–Crippen MR) is 103 cm³/mol. The van der Waals surface area contributed by atoms with Crippen molar-refractivity contribution >= 4 is 38.2 Å². The molecular weight excluding hydrogens is 400 g/mol. The zero-order valence-corrected chi connectivity index (χ0v) is 17.1. The van der Waals surface area contributed by atoms with E-state index in [0.717, 1.165) is 47.1 Å². The lowest BCUT2D eigenvalue weighted by molar-refractivity contribution is -0.119. The van der Waals surface area contributed by atoms with Gasteiger partial charge >= 0.3 is 0 Å². The Morgan fingerprint density at radius 3 is 2.80 bits per heavy atom. The first-order valence-electron chi connectivity index (χ1n) is 8.47. The normalized spacial score (nSPS) is 14.7. The van der Waals surface area contributed by atoms with Crippen LogP contribution in [0.2, 0.25) is 0 Å². The highest BCUT2D eigenvalue weighted by Gasteiger charge is 2.24. The van der Waals surface area contributed by atoms with Gasteiger partial charge in [-0.2, -0.15) is 10.4 Å². The highest BCUT2D eigenvalue weighted by atomic mass is 79.9. The molecule has 2 aromatic rings. The van der Waals surface area contributed by atoms with Crippen molar-refractivity contribution in [1.29, 1.82) is 5.26 Å². The number of carbonyl (C=O) groups excluding carboxylic acids is 1. The highest BCUT2D eigenvalue weighted by molar-refractivity contribution is 9.10. The molecule has 3 rings (SSSR count). The van der Waals surface area contributed by atoms with E-state index in [4.69, 9.17) is 0 Å². The third-order valence-electron chi connectivity index (χ3n) is 4.71. The van der Waals surface area contributed by atoms with Crippen LogP contribution in [0.4, 0.5) is 5.00 Å². The summed E-state index contributed by atoms with van der Waals surface area (Å²) in [5.41, 5.74) is 3.74. The van der Waals surface area contributed by atoms with E-state index in [1.807, 2.05) is 25.5 Å². The Morgan fingerprint density at radius 1 is 1.44 bits per heavy atom. The zero-order chi connectivity index (χ0) is 18.1. The molecular formula is C18H21BrN4OS. The molecule has 0 spiro atoms. The van der Waals surface area contributed by atoms with Crippen LogP contribution >= 0.6 is 27.3 Å². The van der Waals surface area contributed by atoms with Crippen LogP contribution in [-0.4, -0.2) is 15.7 Å². The molecule has 0 unspecified atom stereocenters. The number of aromatic nitrogens is 2. The van der Waals surface area contributed by atoms with E-state index in [-0.39, 0.29) is 11.8 Å².